The lowest BCUT2D eigenvalue weighted by Crippen LogP contribution is -2.35. The number of rotatable bonds is 2. The summed E-state index contributed by atoms with van der Waals surface area (Å²) in [5.41, 5.74) is 0.643. The first-order valence-corrected chi connectivity index (χ1v) is 4.92. The lowest BCUT2D eigenvalue weighted by molar-refractivity contribution is 0.174. The van der Waals surface area contributed by atoms with Gasteiger partial charge in [-0.25, -0.2) is 4.79 Å². The monoisotopic (exact) mass is 227 g/mol. The Morgan fingerprint density at radius 2 is 2.40 bits per heavy atom. The molecule has 1 aromatic carbocycles. The van der Waals surface area contributed by atoms with E-state index in [9.17, 15) is 4.79 Å². The molecule has 1 amide bonds. The molecule has 2 rings (SSSR count). The number of benzene rings is 1. The summed E-state index contributed by atoms with van der Waals surface area (Å²) in [6.07, 6.45) is -0.448. The number of ether oxygens (including phenoxy) is 1. The predicted octanol–water partition coefficient (Wildman–Crippen LogP) is 1.66. The van der Waals surface area contributed by atoms with Crippen LogP contribution in [-0.4, -0.2) is 30.5 Å². The smallest absolute Gasteiger partial charge is 0.414 e. The molecule has 1 N–H and O–H groups in total. The molecule has 0 bridgehead atoms. The maximum atomic E-state index is 11.4. The molecule has 1 atom stereocenters. The van der Waals surface area contributed by atoms with E-state index in [1.165, 1.54) is 4.90 Å². The summed E-state index contributed by atoms with van der Waals surface area (Å²) in [5, 5.41) is 9.62. The Bertz CT molecular complexity index is 383. The van der Waals surface area contributed by atoms with Crippen LogP contribution in [0.5, 0.6) is 0 Å². The number of nitrogens with zero attached hydrogens (tertiary/aromatic N) is 1. The first-order chi connectivity index (χ1) is 7.22. The Hall–Kier alpha value is -1.26. The number of carbonyl (C=O) groups is 1. The average Bonchev–Trinajstić information content (AvgIpc) is 2.59. The second kappa shape index (κ2) is 4.08. The van der Waals surface area contributed by atoms with Gasteiger partial charge in [-0.3, -0.25) is 4.90 Å². The van der Waals surface area contributed by atoms with Crippen molar-refractivity contribution in [2.75, 3.05) is 18.1 Å². The molecule has 1 fully saturated rings. The topological polar surface area (TPSA) is 49.8 Å². The van der Waals surface area contributed by atoms with Gasteiger partial charge in [0.1, 0.15) is 6.61 Å². The Morgan fingerprint density at radius 3 is 3.07 bits per heavy atom. The highest BCUT2D eigenvalue weighted by Gasteiger charge is 2.33. The van der Waals surface area contributed by atoms with Gasteiger partial charge in [0.2, 0.25) is 0 Å². The minimum absolute atomic E-state index is 0.127. The molecule has 15 heavy (non-hydrogen) atoms. The highest BCUT2D eigenvalue weighted by atomic mass is 35.5. The van der Waals surface area contributed by atoms with Crippen molar-refractivity contribution >= 4 is 23.4 Å². The number of carbonyl (C=O) groups excluding carboxylic acids is 1. The standard InChI is InChI=1S/C10H10ClNO3/c11-7-2-1-3-8(4-7)12-9(5-13)6-15-10(12)14/h1-4,9,13H,5-6H2. The third-order valence-electron chi connectivity index (χ3n) is 2.26. The molecule has 1 unspecified atom stereocenters. The maximum Gasteiger partial charge on any atom is 0.414 e. The van der Waals surface area contributed by atoms with Gasteiger partial charge in [0.05, 0.1) is 12.6 Å². The molecule has 0 aromatic heterocycles. The van der Waals surface area contributed by atoms with Gasteiger partial charge in [-0.2, -0.15) is 0 Å². The number of cyclic esters (lactones) is 1. The van der Waals surface area contributed by atoms with Crippen molar-refractivity contribution in [1.29, 1.82) is 0 Å². The molecular weight excluding hydrogens is 218 g/mol. The lowest BCUT2D eigenvalue weighted by Gasteiger charge is -2.19. The van der Waals surface area contributed by atoms with Crippen LogP contribution in [0.25, 0.3) is 0 Å². The van der Waals surface area contributed by atoms with Crippen molar-refractivity contribution in [3.63, 3.8) is 0 Å². The second-order valence-corrected chi connectivity index (χ2v) is 3.70. The number of hydrogen-bond donors (Lipinski definition) is 1. The number of halogens is 1. The molecule has 1 saturated heterocycles. The molecule has 1 aliphatic rings. The van der Waals surface area contributed by atoms with Crippen LogP contribution < -0.4 is 4.90 Å². The first kappa shape index (κ1) is 10.3. The summed E-state index contributed by atoms with van der Waals surface area (Å²) < 4.78 is 4.85. The van der Waals surface area contributed by atoms with Gasteiger partial charge in [0.25, 0.3) is 0 Å². The van der Waals surface area contributed by atoms with Crippen molar-refractivity contribution in [2.45, 2.75) is 6.04 Å². The third-order valence-corrected chi connectivity index (χ3v) is 2.49. The van der Waals surface area contributed by atoms with Gasteiger partial charge in [0.15, 0.2) is 0 Å². The second-order valence-electron chi connectivity index (χ2n) is 3.26. The summed E-state index contributed by atoms with van der Waals surface area (Å²) in [4.78, 5) is 12.8. The number of amides is 1. The number of aliphatic hydroxyl groups excluding tert-OH is 1. The summed E-state index contributed by atoms with van der Waals surface area (Å²) in [5.74, 6) is 0. The number of anilines is 1. The van der Waals surface area contributed by atoms with Gasteiger partial charge in [0, 0.05) is 10.7 Å². The van der Waals surface area contributed by atoms with Crippen molar-refractivity contribution in [3.05, 3.63) is 29.3 Å². The molecule has 5 heteroatoms. The summed E-state index contributed by atoms with van der Waals surface area (Å²) in [7, 11) is 0. The Balaban J connectivity index is 2.32. The number of aliphatic hydroxyl groups is 1. The minimum atomic E-state index is -0.448. The third kappa shape index (κ3) is 1.91. The normalized spacial score (nSPS) is 20.5. The van der Waals surface area contributed by atoms with Crippen LogP contribution in [0.1, 0.15) is 0 Å². The van der Waals surface area contributed by atoms with Crippen molar-refractivity contribution < 1.29 is 14.6 Å². The van der Waals surface area contributed by atoms with Crippen molar-refractivity contribution in [3.8, 4) is 0 Å². The van der Waals surface area contributed by atoms with E-state index < -0.39 is 6.09 Å². The van der Waals surface area contributed by atoms with Gasteiger partial charge in [-0.05, 0) is 18.2 Å². The summed E-state index contributed by atoms with van der Waals surface area (Å²) in [6.45, 7) is 0.0834. The molecule has 80 valence electrons. The molecule has 0 spiro atoms. The van der Waals surface area contributed by atoms with E-state index in [-0.39, 0.29) is 19.3 Å². The minimum Gasteiger partial charge on any atom is -0.447 e. The maximum absolute atomic E-state index is 11.4. The van der Waals surface area contributed by atoms with E-state index in [0.29, 0.717) is 10.7 Å². The molecule has 1 heterocycles. The molecule has 0 aliphatic carbocycles. The SMILES string of the molecule is O=C1OCC(CO)N1c1cccc(Cl)c1. The fourth-order valence-corrected chi connectivity index (χ4v) is 1.72. The molecular formula is C10H10ClNO3. The fourth-order valence-electron chi connectivity index (χ4n) is 1.54. The zero-order chi connectivity index (χ0) is 10.8. The van der Waals surface area contributed by atoms with Crippen LogP contribution in [0, 0.1) is 0 Å². The van der Waals surface area contributed by atoms with Gasteiger partial charge < -0.3 is 9.84 Å². The molecule has 0 saturated carbocycles. The van der Waals surface area contributed by atoms with E-state index in [4.69, 9.17) is 21.4 Å². The van der Waals surface area contributed by atoms with Gasteiger partial charge in [-0.1, -0.05) is 17.7 Å². The van der Waals surface area contributed by atoms with Crippen molar-refractivity contribution in [1.82, 2.24) is 0 Å². The lowest BCUT2D eigenvalue weighted by atomic mass is 10.2. The highest BCUT2D eigenvalue weighted by molar-refractivity contribution is 6.30. The molecule has 0 radical (unpaired) electrons. The Morgan fingerprint density at radius 1 is 1.60 bits per heavy atom. The van der Waals surface area contributed by atoms with E-state index in [1.54, 1.807) is 24.3 Å². The number of hydrogen-bond acceptors (Lipinski definition) is 3. The molecule has 4 nitrogen and oxygen atoms in total. The van der Waals surface area contributed by atoms with Gasteiger partial charge >= 0.3 is 6.09 Å². The van der Waals surface area contributed by atoms with Crippen LogP contribution in [0.15, 0.2) is 24.3 Å². The van der Waals surface area contributed by atoms with Crippen LogP contribution in [0.2, 0.25) is 5.02 Å². The van der Waals surface area contributed by atoms with Crippen LogP contribution in [0.4, 0.5) is 10.5 Å². The van der Waals surface area contributed by atoms with Crippen LogP contribution >= 0.6 is 11.6 Å². The highest BCUT2D eigenvalue weighted by Crippen LogP contribution is 2.25. The van der Waals surface area contributed by atoms with Gasteiger partial charge in [-0.15, -0.1) is 0 Å². The Labute approximate surface area is 92.0 Å². The quantitative estimate of drug-likeness (QED) is 0.836. The average molecular weight is 228 g/mol. The van der Waals surface area contributed by atoms with E-state index >= 15 is 0 Å². The largest absolute Gasteiger partial charge is 0.447 e. The predicted molar refractivity (Wildman–Crippen MR) is 56.2 cm³/mol. The van der Waals surface area contributed by atoms with Crippen molar-refractivity contribution in [2.24, 2.45) is 0 Å². The van der Waals surface area contributed by atoms with E-state index in [0.717, 1.165) is 0 Å². The zero-order valence-corrected chi connectivity index (χ0v) is 8.65. The van der Waals surface area contributed by atoms with Crippen LogP contribution in [-0.2, 0) is 4.74 Å². The summed E-state index contributed by atoms with van der Waals surface area (Å²) >= 11 is 5.82. The molecule has 1 aromatic rings. The zero-order valence-electron chi connectivity index (χ0n) is 7.89. The molecule has 1 aliphatic heterocycles. The van der Waals surface area contributed by atoms with E-state index in [1.807, 2.05) is 0 Å². The fraction of sp³-hybridized carbons (Fsp3) is 0.300. The summed E-state index contributed by atoms with van der Waals surface area (Å²) in [6, 6.07) is 6.56. The van der Waals surface area contributed by atoms with Crippen LogP contribution in [0.3, 0.4) is 0 Å². The van der Waals surface area contributed by atoms with E-state index in [2.05, 4.69) is 0 Å². The first-order valence-electron chi connectivity index (χ1n) is 4.55. The Kier molecular flexibility index (Phi) is 2.79.